The lowest BCUT2D eigenvalue weighted by Gasteiger charge is -2.35. The third kappa shape index (κ3) is 3.68. The number of hydrogen-bond donors (Lipinski definition) is 1. The summed E-state index contributed by atoms with van der Waals surface area (Å²) < 4.78 is 5.53. The van der Waals surface area contributed by atoms with Gasteiger partial charge in [-0.2, -0.15) is 5.26 Å². The third-order valence-corrected chi connectivity index (χ3v) is 4.53. The Morgan fingerprint density at radius 3 is 2.71 bits per heavy atom. The Hall–Kier alpha value is -2.11. The second-order valence-electron chi connectivity index (χ2n) is 6.29. The van der Waals surface area contributed by atoms with E-state index in [-0.39, 0.29) is 12.5 Å². The highest BCUT2D eigenvalue weighted by molar-refractivity contribution is 5.78. The van der Waals surface area contributed by atoms with Crippen LogP contribution in [0.5, 0.6) is 0 Å². The number of carbonyl (C=O) groups is 1. The number of amides is 1. The SMILES string of the molecule is Cc1nc(C#N)c(N2CCN(C(=O)CN(CCO)C3CC3)CC2)o1. The maximum absolute atomic E-state index is 12.5. The second-order valence-corrected chi connectivity index (χ2v) is 6.29. The van der Waals surface area contributed by atoms with Crippen molar-refractivity contribution in [2.75, 3.05) is 50.8 Å². The van der Waals surface area contributed by atoms with E-state index in [9.17, 15) is 4.79 Å². The molecule has 0 spiro atoms. The van der Waals surface area contributed by atoms with Crippen LogP contribution < -0.4 is 4.90 Å². The average Bonchev–Trinajstić information content (AvgIpc) is 3.36. The average molecular weight is 333 g/mol. The first kappa shape index (κ1) is 16.7. The highest BCUT2D eigenvalue weighted by Crippen LogP contribution is 2.26. The summed E-state index contributed by atoms with van der Waals surface area (Å²) in [5.74, 6) is 1.08. The largest absolute Gasteiger partial charge is 0.424 e. The van der Waals surface area contributed by atoms with Crippen LogP contribution in [0.1, 0.15) is 24.4 Å². The second kappa shape index (κ2) is 7.20. The fraction of sp³-hybridized carbons (Fsp3) is 0.688. The number of nitrogens with zero attached hydrogens (tertiary/aromatic N) is 5. The van der Waals surface area contributed by atoms with Crippen molar-refractivity contribution in [1.82, 2.24) is 14.8 Å². The zero-order chi connectivity index (χ0) is 17.1. The Balaban J connectivity index is 1.54. The maximum Gasteiger partial charge on any atom is 0.236 e. The molecular weight excluding hydrogens is 310 g/mol. The molecule has 1 aromatic heterocycles. The first-order chi connectivity index (χ1) is 11.6. The Kier molecular flexibility index (Phi) is 5.02. The number of piperazine rings is 1. The summed E-state index contributed by atoms with van der Waals surface area (Å²) >= 11 is 0. The van der Waals surface area contributed by atoms with E-state index in [2.05, 4.69) is 9.88 Å². The van der Waals surface area contributed by atoms with Crippen molar-refractivity contribution in [3.63, 3.8) is 0 Å². The van der Waals surface area contributed by atoms with Crippen molar-refractivity contribution >= 4 is 11.8 Å². The molecule has 2 aliphatic rings. The van der Waals surface area contributed by atoms with E-state index in [1.54, 1.807) is 6.92 Å². The molecule has 8 heteroatoms. The monoisotopic (exact) mass is 333 g/mol. The summed E-state index contributed by atoms with van der Waals surface area (Å²) in [6, 6.07) is 2.51. The van der Waals surface area contributed by atoms with E-state index in [0.29, 0.717) is 62.8 Å². The van der Waals surface area contributed by atoms with Gasteiger partial charge in [-0.25, -0.2) is 4.98 Å². The Labute approximate surface area is 141 Å². The number of hydrogen-bond acceptors (Lipinski definition) is 7. The normalized spacial score (nSPS) is 18.1. The van der Waals surface area contributed by atoms with Crippen molar-refractivity contribution < 1.29 is 14.3 Å². The molecule has 1 amide bonds. The van der Waals surface area contributed by atoms with Crippen LogP contribution in [0.3, 0.4) is 0 Å². The van der Waals surface area contributed by atoms with Crippen molar-refractivity contribution in [3.05, 3.63) is 11.6 Å². The van der Waals surface area contributed by atoms with Crippen molar-refractivity contribution in [2.45, 2.75) is 25.8 Å². The molecule has 1 aliphatic carbocycles. The molecule has 3 rings (SSSR count). The summed E-state index contributed by atoms with van der Waals surface area (Å²) in [5, 5.41) is 18.3. The van der Waals surface area contributed by atoms with Crippen LogP contribution in [0.25, 0.3) is 0 Å². The maximum atomic E-state index is 12.5. The van der Waals surface area contributed by atoms with Gasteiger partial charge < -0.3 is 19.3 Å². The number of carbonyl (C=O) groups excluding carboxylic acids is 1. The predicted molar refractivity (Wildman–Crippen MR) is 86.4 cm³/mol. The molecule has 1 saturated heterocycles. The number of rotatable bonds is 6. The molecule has 0 radical (unpaired) electrons. The molecule has 2 heterocycles. The number of oxazole rings is 1. The molecule has 0 unspecified atom stereocenters. The molecule has 0 aromatic carbocycles. The number of aliphatic hydroxyl groups is 1. The Morgan fingerprint density at radius 1 is 1.42 bits per heavy atom. The number of anilines is 1. The van der Waals surface area contributed by atoms with Gasteiger partial charge in [0.1, 0.15) is 6.07 Å². The van der Waals surface area contributed by atoms with Crippen LogP contribution in [0.2, 0.25) is 0 Å². The number of aryl methyl sites for hydroxylation is 1. The number of aliphatic hydroxyl groups excluding tert-OH is 1. The van der Waals surface area contributed by atoms with Crippen LogP contribution in [-0.4, -0.2) is 77.7 Å². The number of aromatic nitrogens is 1. The van der Waals surface area contributed by atoms with Gasteiger partial charge in [0.2, 0.25) is 17.5 Å². The van der Waals surface area contributed by atoms with Gasteiger partial charge in [-0.3, -0.25) is 9.69 Å². The highest BCUT2D eigenvalue weighted by atomic mass is 16.4. The summed E-state index contributed by atoms with van der Waals surface area (Å²) in [7, 11) is 0. The van der Waals surface area contributed by atoms with Crippen molar-refractivity contribution in [1.29, 1.82) is 5.26 Å². The van der Waals surface area contributed by atoms with E-state index < -0.39 is 0 Å². The van der Waals surface area contributed by atoms with Crippen LogP contribution in [0, 0.1) is 18.3 Å². The Bertz CT molecular complexity index is 626. The van der Waals surface area contributed by atoms with Gasteiger partial charge in [0.05, 0.1) is 13.2 Å². The molecule has 1 aliphatic heterocycles. The van der Waals surface area contributed by atoms with Gasteiger partial charge in [-0.05, 0) is 12.8 Å². The molecule has 0 atom stereocenters. The standard InChI is InChI=1S/C16H23N5O3/c1-12-18-14(10-17)16(24-12)20-6-4-19(5-7-20)15(23)11-21(8-9-22)13-2-3-13/h13,22H,2-9,11H2,1H3. The summed E-state index contributed by atoms with van der Waals surface area (Å²) in [6.07, 6.45) is 2.23. The van der Waals surface area contributed by atoms with E-state index in [1.807, 2.05) is 15.9 Å². The molecule has 0 bridgehead atoms. The minimum absolute atomic E-state index is 0.0827. The lowest BCUT2D eigenvalue weighted by Crippen LogP contribution is -2.51. The predicted octanol–water partition coefficient (Wildman–Crippen LogP) is -0.0400. The molecule has 24 heavy (non-hydrogen) atoms. The quantitative estimate of drug-likeness (QED) is 0.780. The van der Waals surface area contributed by atoms with Gasteiger partial charge in [0, 0.05) is 45.7 Å². The summed E-state index contributed by atoms with van der Waals surface area (Å²) in [6.45, 7) is 5.17. The zero-order valence-electron chi connectivity index (χ0n) is 13.9. The fourth-order valence-electron chi connectivity index (χ4n) is 3.10. The minimum Gasteiger partial charge on any atom is -0.424 e. The molecule has 8 nitrogen and oxygen atoms in total. The topological polar surface area (TPSA) is 96.8 Å². The molecule has 1 saturated carbocycles. The lowest BCUT2D eigenvalue weighted by molar-refractivity contribution is -0.133. The highest BCUT2D eigenvalue weighted by Gasteiger charge is 2.32. The fourth-order valence-corrected chi connectivity index (χ4v) is 3.10. The molecule has 2 fully saturated rings. The van der Waals surface area contributed by atoms with E-state index >= 15 is 0 Å². The molecule has 1 aromatic rings. The van der Waals surface area contributed by atoms with Gasteiger partial charge in [-0.15, -0.1) is 0 Å². The summed E-state index contributed by atoms with van der Waals surface area (Å²) in [5.41, 5.74) is 0.301. The zero-order valence-corrected chi connectivity index (χ0v) is 13.9. The van der Waals surface area contributed by atoms with Crippen molar-refractivity contribution in [2.24, 2.45) is 0 Å². The van der Waals surface area contributed by atoms with Gasteiger partial charge in [0.15, 0.2) is 5.89 Å². The first-order valence-electron chi connectivity index (χ1n) is 8.37. The summed E-state index contributed by atoms with van der Waals surface area (Å²) in [4.78, 5) is 22.4. The number of nitriles is 1. The van der Waals surface area contributed by atoms with E-state index in [0.717, 1.165) is 12.8 Å². The Morgan fingerprint density at radius 2 is 2.12 bits per heavy atom. The minimum atomic E-state index is 0.0827. The first-order valence-corrected chi connectivity index (χ1v) is 8.37. The molecular formula is C16H23N5O3. The van der Waals surface area contributed by atoms with Crippen LogP contribution >= 0.6 is 0 Å². The van der Waals surface area contributed by atoms with E-state index in [4.69, 9.17) is 14.8 Å². The smallest absolute Gasteiger partial charge is 0.236 e. The van der Waals surface area contributed by atoms with Gasteiger partial charge in [0.25, 0.3) is 0 Å². The van der Waals surface area contributed by atoms with Crippen LogP contribution in [-0.2, 0) is 4.79 Å². The lowest BCUT2D eigenvalue weighted by atomic mass is 10.3. The van der Waals surface area contributed by atoms with Gasteiger partial charge >= 0.3 is 0 Å². The van der Waals surface area contributed by atoms with Crippen molar-refractivity contribution in [3.8, 4) is 6.07 Å². The van der Waals surface area contributed by atoms with Crippen LogP contribution in [0.15, 0.2) is 4.42 Å². The third-order valence-electron chi connectivity index (χ3n) is 4.53. The molecule has 130 valence electrons. The van der Waals surface area contributed by atoms with Crippen LogP contribution in [0.4, 0.5) is 5.88 Å². The van der Waals surface area contributed by atoms with E-state index in [1.165, 1.54) is 0 Å². The van der Waals surface area contributed by atoms with Gasteiger partial charge in [-0.1, -0.05) is 0 Å². The molecule has 1 N–H and O–H groups in total.